The fourth-order valence-corrected chi connectivity index (χ4v) is 7.07. The van der Waals surface area contributed by atoms with Gasteiger partial charge in [0.15, 0.2) is 0 Å². The van der Waals surface area contributed by atoms with E-state index in [4.69, 9.17) is 9.73 Å². The Morgan fingerprint density at radius 3 is 2.10 bits per heavy atom. The molecule has 0 saturated carbocycles. The van der Waals surface area contributed by atoms with Crippen LogP contribution in [-0.4, -0.2) is 25.1 Å². The van der Waals surface area contributed by atoms with Gasteiger partial charge in [-0.25, -0.2) is 4.90 Å². The summed E-state index contributed by atoms with van der Waals surface area (Å²) in [6.07, 6.45) is 1.96. The second-order valence-corrected chi connectivity index (χ2v) is 10.8. The molecule has 8 rings (SSSR count). The molecule has 0 radical (unpaired) electrons. The molecule has 4 aliphatic rings. The monoisotopic (exact) mass is 512 g/mol. The number of anilines is 1. The second-order valence-electron chi connectivity index (χ2n) is 10.8. The van der Waals surface area contributed by atoms with Gasteiger partial charge in [0.05, 0.1) is 35.7 Å². The van der Waals surface area contributed by atoms with E-state index in [2.05, 4.69) is 49.4 Å². The highest BCUT2D eigenvalue weighted by Gasteiger charge is 2.67. The molecule has 5 heteroatoms. The van der Waals surface area contributed by atoms with Crippen LogP contribution in [-0.2, 0) is 15.0 Å². The Bertz CT molecular complexity index is 1640. The van der Waals surface area contributed by atoms with Gasteiger partial charge < -0.3 is 4.74 Å². The molecule has 2 amide bonds. The summed E-state index contributed by atoms with van der Waals surface area (Å²) in [6.45, 7) is 4.09. The van der Waals surface area contributed by atoms with Crippen molar-refractivity contribution in [3.63, 3.8) is 0 Å². The third-order valence-electron chi connectivity index (χ3n) is 8.79. The van der Waals surface area contributed by atoms with Crippen molar-refractivity contribution in [3.05, 3.63) is 124 Å². The number of carbonyl (C=O) groups excluding carboxylic acids is 2. The maximum Gasteiger partial charge on any atom is 0.239 e. The van der Waals surface area contributed by atoms with E-state index in [-0.39, 0.29) is 17.7 Å². The zero-order valence-corrected chi connectivity index (χ0v) is 22.1. The van der Waals surface area contributed by atoms with Crippen molar-refractivity contribution in [3.8, 4) is 5.75 Å². The van der Waals surface area contributed by atoms with Crippen LogP contribution in [0.15, 0.2) is 96.0 Å². The van der Waals surface area contributed by atoms with Crippen LogP contribution in [0.25, 0.3) is 0 Å². The molecule has 1 aliphatic heterocycles. The van der Waals surface area contributed by atoms with Gasteiger partial charge >= 0.3 is 0 Å². The molecule has 0 spiro atoms. The standard InChI is InChI=1S/C34H28N2O3/c1-20-12-13-21(2)28(18-20)35-19-34-26-10-6-4-8-24(26)29(25-9-5-7-11-27(25)34)30-31(34)33(38)36(32(30)37)22-14-16-23(39-3)17-15-22/h4-19,29-31H,1-3H3. The van der Waals surface area contributed by atoms with E-state index < -0.39 is 17.3 Å². The predicted octanol–water partition coefficient (Wildman–Crippen LogP) is 6.27. The van der Waals surface area contributed by atoms with Crippen molar-refractivity contribution in [1.82, 2.24) is 0 Å². The van der Waals surface area contributed by atoms with E-state index in [1.165, 1.54) is 4.90 Å². The van der Waals surface area contributed by atoms with Crippen LogP contribution in [0.1, 0.15) is 39.3 Å². The van der Waals surface area contributed by atoms with E-state index in [0.717, 1.165) is 39.1 Å². The largest absolute Gasteiger partial charge is 0.497 e. The Hall–Kier alpha value is -4.51. The Kier molecular flexibility index (Phi) is 5.14. The Morgan fingerprint density at radius 1 is 0.821 bits per heavy atom. The number of ether oxygens (including phenoxy) is 1. The molecule has 3 aliphatic carbocycles. The van der Waals surface area contributed by atoms with Crippen molar-refractivity contribution in [2.45, 2.75) is 25.2 Å². The van der Waals surface area contributed by atoms with Gasteiger partial charge in [0.1, 0.15) is 5.75 Å². The first kappa shape index (κ1) is 23.6. The van der Waals surface area contributed by atoms with Gasteiger partial charge in [-0.05, 0) is 77.6 Å². The number of methoxy groups -OCH3 is 1. The van der Waals surface area contributed by atoms with Crippen LogP contribution in [0.5, 0.6) is 5.75 Å². The van der Waals surface area contributed by atoms with Gasteiger partial charge in [0.25, 0.3) is 0 Å². The van der Waals surface area contributed by atoms with Crippen LogP contribution in [0, 0.1) is 25.7 Å². The highest BCUT2D eigenvalue weighted by Crippen LogP contribution is 2.63. The molecule has 4 aromatic rings. The number of carbonyl (C=O) groups is 2. The smallest absolute Gasteiger partial charge is 0.239 e. The zero-order valence-electron chi connectivity index (χ0n) is 22.1. The molecule has 2 atom stereocenters. The van der Waals surface area contributed by atoms with Crippen molar-refractivity contribution in [2.75, 3.05) is 12.0 Å². The van der Waals surface area contributed by atoms with Crippen LogP contribution in [0.2, 0.25) is 0 Å². The number of nitrogens with zero attached hydrogens (tertiary/aromatic N) is 2. The van der Waals surface area contributed by atoms with Crippen molar-refractivity contribution >= 4 is 29.4 Å². The van der Waals surface area contributed by atoms with Gasteiger partial charge in [-0.3, -0.25) is 14.6 Å². The minimum absolute atomic E-state index is 0.159. The van der Waals surface area contributed by atoms with E-state index in [0.29, 0.717) is 11.4 Å². The third kappa shape index (κ3) is 3.16. The topological polar surface area (TPSA) is 59.0 Å². The van der Waals surface area contributed by atoms with E-state index in [1.54, 1.807) is 31.4 Å². The van der Waals surface area contributed by atoms with Gasteiger partial charge in [-0.2, -0.15) is 0 Å². The normalized spacial score (nSPS) is 24.6. The number of imide groups is 1. The van der Waals surface area contributed by atoms with Crippen LogP contribution in [0.3, 0.4) is 0 Å². The Labute approximate surface area is 227 Å². The summed E-state index contributed by atoms with van der Waals surface area (Å²) in [5.74, 6) is -0.985. The second kappa shape index (κ2) is 8.50. The lowest BCUT2D eigenvalue weighted by molar-refractivity contribution is -0.122. The molecular weight excluding hydrogens is 484 g/mol. The van der Waals surface area contributed by atoms with Gasteiger partial charge in [-0.15, -0.1) is 0 Å². The summed E-state index contributed by atoms with van der Waals surface area (Å²) in [5, 5.41) is 0. The number of hydrogen-bond donors (Lipinski definition) is 0. The fraction of sp³-hybridized carbons (Fsp3) is 0.206. The minimum Gasteiger partial charge on any atom is -0.497 e. The number of hydrogen-bond acceptors (Lipinski definition) is 4. The van der Waals surface area contributed by atoms with Gasteiger partial charge in [0, 0.05) is 12.1 Å². The first-order chi connectivity index (χ1) is 19.0. The number of rotatable bonds is 4. The molecule has 192 valence electrons. The first-order valence-corrected chi connectivity index (χ1v) is 13.3. The van der Waals surface area contributed by atoms with Crippen LogP contribution >= 0.6 is 0 Å². The molecule has 2 bridgehead atoms. The Morgan fingerprint density at radius 2 is 1.46 bits per heavy atom. The summed E-state index contributed by atoms with van der Waals surface area (Å²) in [4.78, 5) is 35.2. The predicted molar refractivity (Wildman–Crippen MR) is 152 cm³/mol. The minimum atomic E-state index is -0.878. The molecular formula is C34H28N2O3. The first-order valence-electron chi connectivity index (χ1n) is 13.3. The van der Waals surface area contributed by atoms with Gasteiger partial charge in [0.2, 0.25) is 11.8 Å². The summed E-state index contributed by atoms with van der Waals surface area (Å²) in [7, 11) is 1.60. The van der Waals surface area contributed by atoms with Crippen molar-refractivity contribution in [1.29, 1.82) is 0 Å². The lowest BCUT2D eigenvalue weighted by Gasteiger charge is -2.52. The molecule has 0 aromatic heterocycles. The van der Waals surface area contributed by atoms with Crippen molar-refractivity contribution in [2.24, 2.45) is 16.8 Å². The SMILES string of the molecule is COc1ccc(N2C(=O)C3C4c5ccccc5C(C=Nc5cc(C)ccc5C)(c5ccccc54)C3C2=O)cc1. The molecule has 1 saturated heterocycles. The van der Waals surface area contributed by atoms with E-state index in [1.807, 2.05) is 37.4 Å². The quantitative estimate of drug-likeness (QED) is 0.239. The number of benzene rings is 4. The zero-order chi connectivity index (χ0) is 26.9. The molecule has 4 aromatic carbocycles. The van der Waals surface area contributed by atoms with E-state index in [9.17, 15) is 9.59 Å². The average Bonchev–Trinajstić information content (AvgIpc) is 3.24. The number of aliphatic imine (C=N–C) groups is 1. The molecule has 2 unspecified atom stereocenters. The lowest BCUT2D eigenvalue weighted by Crippen LogP contribution is -2.54. The number of aryl methyl sites for hydroxylation is 2. The number of amides is 2. The van der Waals surface area contributed by atoms with E-state index >= 15 is 0 Å². The highest BCUT2D eigenvalue weighted by molar-refractivity contribution is 6.25. The summed E-state index contributed by atoms with van der Waals surface area (Å²) in [6, 6.07) is 29.9. The molecule has 5 nitrogen and oxygen atoms in total. The molecule has 1 heterocycles. The van der Waals surface area contributed by atoms with Crippen LogP contribution < -0.4 is 9.64 Å². The summed E-state index contributed by atoms with van der Waals surface area (Å²) >= 11 is 0. The average molecular weight is 513 g/mol. The maximum absolute atomic E-state index is 14.5. The lowest BCUT2D eigenvalue weighted by atomic mass is 9.47. The van der Waals surface area contributed by atoms with Crippen LogP contribution in [0.4, 0.5) is 11.4 Å². The molecule has 0 N–H and O–H groups in total. The maximum atomic E-state index is 14.5. The van der Waals surface area contributed by atoms with Gasteiger partial charge in [-0.1, -0.05) is 60.7 Å². The Balaban J connectivity index is 1.49. The molecule has 39 heavy (non-hydrogen) atoms. The summed E-state index contributed by atoms with van der Waals surface area (Å²) in [5.41, 5.74) is 7.05. The highest BCUT2D eigenvalue weighted by atomic mass is 16.5. The third-order valence-corrected chi connectivity index (χ3v) is 8.79. The summed E-state index contributed by atoms with van der Waals surface area (Å²) < 4.78 is 5.31. The fourth-order valence-electron chi connectivity index (χ4n) is 7.07. The van der Waals surface area contributed by atoms with Crippen molar-refractivity contribution < 1.29 is 14.3 Å². The molecule has 1 fully saturated rings.